The Balaban J connectivity index is 1.62. The second-order valence-electron chi connectivity index (χ2n) is 8.62. The summed E-state index contributed by atoms with van der Waals surface area (Å²) < 4.78 is 5.25. The van der Waals surface area contributed by atoms with E-state index in [1.807, 2.05) is 24.1 Å². The lowest BCUT2D eigenvalue weighted by atomic mass is 9.70. The predicted molar refractivity (Wildman–Crippen MR) is 121 cm³/mol. The molecule has 2 fully saturated rings. The highest BCUT2D eigenvalue weighted by atomic mass is 16.5. The van der Waals surface area contributed by atoms with E-state index in [1.165, 1.54) is 5.56 Å². The number of rotatable bonds is 7. The highest BCUT2D eigenvalue weighted by molar-refractivity contribution is 5.95. The van der Waals surface area contributed by atoms with Gasteiger partial charge in [0, 0.05) is 26.3 Å². The van der Waals surface area contributed by atoms with Gasteiger partial charge in [-0.2, -0.15) is 5.26 Å². The van der Waals surface area contributed by atoms with Crippen LogP contribution in [-0.2, 0) is 4.74 Å². The van der Waals surface area contributed by atoms with Crippen molar-refractivity contribution in [2.24, 2.45) is 0 Å². The van der Waals surface area contributed by atoms with E-state index < -0.39 is 0 Å². The zero-order chi connectivity index (χ0) is 22.6. The van der Waals surface area contributed by atoms with Gasteiger partial charge in [-0.05, 0) is 44.2 Å². The average molecular weight is 435 g/mol. The van der Waals surface area contributed by atoms with Gasteiger partial charge in [0.25, 0.3) is 0 Å². The summed E-state index contributed by atoms with van der Waals surface area (Å²) >= 11 is 0. The van der Waals surface area contributed by atoms with E-state index in [4.69, 9.17) is 10.00 Å². The van der Waals surface area contributed by atoms with Crippen molar-refractivity contribution in [3.8, 4) is 6.07 Å². The summed E-state index contributed by atoms with van der Waals surface area (Å²) in [6, 6.07) is 12.8. The number of likely N-dealkylation sites (N-methyl/N-ethyl adjacent to an activating group) is 1. The topological polar surface area (TPSA) is 94.4 Å². The number of hydrogen-bond donors (Lipinski definition) is 1. The summed E-state index contributed by atoms with van der Waals surface area (Å²) in [5.41, 5.74) is 1.71. The number of carbonyl (C=O) groups is 1. The smallest absolute Gasteiger partial charge is 0.325 e. The lowest BCUT2D eigenvalue weighted by Crippen LogP contribution is -2.55. The molecule has 0 radical (unpaired) electrons. The predicted octanol–water partition coefficient (Wildman–Crippen LogP) is 2.92. The summed E-state index contributed by atoms with van der Waals surface area (Å²) in [4.78, 5) is 25.5. The number of ether oxygens (including phenoxy) is 1. The van der Waals surface area contributed by atoms with E-state index in [0.717, 1.165) is 25.7 Å². The van der Waals surface area contributed by atoms with Crippen molar-refractivity contribution in [3.63, 3.8) is 0 Å². The van der Waals surface area contributed by atoms with Crippen LogP contribution < -0.4 is 10.2 Å². The van der Waals surface area contributed by atoms with Crippen LogP contribution in [0.15, 0.2) is 42.7 Å². The molecule has 168 valence electrons. The van der Waals surface area contributed by atoms with Crippen LogP contribution in [0.4, 0.5) is 10.5 Å². The first-order chi connectivity index (χ1) is 15.6. The number of nitrogens with one attached hydrogen (secondary N) is 1. The van der Waals surface area contributed by atoms with E-state index in [0.29, 0.717) is 31.3 Å². The summed E-state index contributed by atoms with van der Waals surface area (Å²) in [6.07, 6.45) is 6.73. The van der Waals surface area contributed by atoms with Crippen molar-refractivity contribution >= 4 is 11.7 Å². The monoisotopic (exact) mass is 434 g/mol. The third kappa shape index (κ3) is 4.18. The van der Waals surface area contributed by atoms with Gasteiger partial charge in [0.2, 0.25) is 5.82 Å². The van der Waals surface area contributed by atoms with Gasteiger partial charge in [-0.25, -0.2) is 14.8 Å². The molecule has 2 amide bonds. The molecule has 0 bridgehead atoms. The van der Waals surface area contributed by atoms with Gasteiger partial charge in [0.05, 0.1) is 30.2 Å². The first-order valence-electron chi connectivity index (χ1n) is 11.1. The van der Waals surface area contributed by atoms with Crippen LogP contribution in [0.3, 0.4) is 0 Å². The first-order valence-corrected chi connectivity index (χ1v) is 11.1. The van der Waals surface area contributed by atoms with Gasteiger partial charge < -0.3 is 15.0 Å². The van der Waals surface area contributed by atoms with Gasteiger partial charge in [0.15, 0.2) is 0 Å². The molecular formula is C24H30N6O2. The molecular weight excluding hydrogens is 404 g/mol. The molecule has 3 atom stereocenters. The fourth-order valence-corrected chi connectivity index (χ4v) is 5.29. The summed E-state index contributed by atoms with van der Waals surface area (Å²) in [7, 11) is 3.70. The van der Waals surface area contributed by atoms with Crippen LogP contribution in [-0.4, -0.2) is 66.3 Å². The molecule has 32 heavy (non-hydrogen) atoms. The molecule has 1 aromatic heterocycles. The molecule has 2 aromatic rings. The number of carbonyl (C=O) groups excluding carboxylic acids is 1. The van der Waals surface area contributed by atoms with E-state index in [2.05, 4.69) is 39.6 Å². The Bertz CT molecular complexity index is 961. The maximum Gasteiger partial charge on any atom is 0.325 e. The third-order valence-corrected chi connectivity index (χ3v) is 6.87. The van der Waals surface area contributed by atoms with E-state index in [1.54, 1.807) is 24.4 Å². The lowest BCUT2D eigenvalue weighted by Gasteiger charge is -2.46. The summed E-state index contributed by atoms with van der Waals surface area (Å²) in [5.74, 6) is 0.515. The third-order valence-electron chi connectivity index (χ3n) is 6.87. The Morgan fingerprint density at radius 2 is 2.03 bits per heavy atom. The van der Waals surface area contributed by atoms with E-state index >= 15 is 0 Å². The normalized spacial score (nSPS) is 25.3. The first kappa shape index (κ1) is 22.2. The average Bonchev–Trinajstić information content (AvgIpc) is 3.10. The Labute approximate surface area is 189 Å². The quantitative estimate of drug-likeness (QED) is 0.674. The number of aromatic nitrogens is 2. The van der Waals surface area contributed by atoms with Gasteiger partial charge in [-0.15, -0.1) is 0 Å². The second kappa shape index (κ2) is 9.63. The zero-order valence-electron chi connectivity index (χ0n) is 18.7. The Kier molecular flexibility index (Phi) is 6.68. The fourth-order valence-electron chi connectivity index (χ4n) is 5.29. The SMILES string of the molecule is CNC1CC2(CCC1c1ccccc1)CN(c1cnc(C#N)nc1)C(=O)N2CCCOC. The Morgan fingerprint density at radius 3 is 2.69 bits per heavy atom. The molecule has 1 N–H and O–H groups in total. The molecule has 4 rings (SSSR count). The van der Waals surface area contributed by atoms with Crippen molar-refractivity contribution < 1.29 is 9.53 Å². The minimum Gasteiger partial charge on any atom is -0.385 e. The van der Waals surface area contributed by atoms with Crippen LogP contribution in [0.1, 0.15) is 43.0 Å². The standard InChI is InChI=1S/C24H30N6O2/c1-26-21-13-24(10-9-20(21)18-7-4-3-5-8-18)17-29(19-15-27-22(14-25)28-16-19)23(31)30(24)11-6-12-32-2/h3-5,7-8,15-16,20-21,26H,6,9-13,17H2,1-2H3. The largest absolute Gasteiger partial charge is 0.385 e. The number of nitriles is 1. The minimum absolute atomic E-state index is 0.0255. The maximum atomic E-state index is 13.5. The minimum atomic E-state index is -0.266. The van der Waals surface area contributed by atoms with Crippen LogP contribution >= 0.6 is 0 Å². The van der Waals surface area contributed by atoms with Crippen molar-refractivity contribution in [3.05, 3.63) is 54.1 Å². The lowest BCUT2D eigenvalue weighted by molar-refractivity contribution is 0.0865. The van der Waals surface area contributed by atoms with Crippen molar-refractivity contribution in [1.29, 1.82) is 5.26 Å². The van der Waals surface area contributed by atoms with Gasteiger partial charge in [-0.1, -0.05) is 30.3 Å². The molecule has 2 aliphatic rings. The molecule has 3 unspecified atom stereocenters. The summed E-state index contributed by atoms with van der Waals surface area (Å²) in [5, 5.41) is 12.5. The molecule has 2 heterocycles. The van der Waals surface area contributed by atoms with Crippen LogP contribution in [0.2, 0.25) is 0 Å². The van der Waals surface area contributed by atoms with Crippen LogP contribution in [0.5, 0.6) is 0 Å². The Hall–Kier alpha value is -3.02. The number of nitrogens with zero attached hydrogens (tertiary/aromatic N) is 5. The number of benzene rings is 1. The highest BCUT2D eigenvalue weighted by Crippen LogP contribution is 2.45. The summed E-state index contributed by atoms with van der Waals surface area (Å²) in [6.45, 7) is 1.85. The van der Waals surface area contributed by atoms with Crippen molar-refractivity contribution in [2.75, 3.05) is 38.8 Å². The van der Waals surface area contributed by atoms with Crippen LogP contribution in [0, 0.1) is 11.3 Å². The zero-order valence-corrected chi connectivity index (χ0v) is 18.7. The van der Waals surface area contributed by atoms with E-state index in [9.17, 15) is 4.79 Å². The number of anilines is 1. The molecule has 8 heteroatoms. The fraction of sp³-hybridized carbons (Fsp3) is 0.500. The number of amides is 2. The number of hydrogen-bond acceptors (Lipinski definition) is 6. The number of urea groups is 1. The van der Waals surface area contributed by atoms with Gasteiger partial charge >= 0.3 is 6.03 Å². The number of methoxy groups -OCH3 is 1. The maximum absolute atomic E-state index is 13.5. The highest BCUT2D eigenvalue weighted by Gasteiger charge is 2.53. The molecule has 1 aliphatic heterocycles. The second-order valence-corrected chi connectivity index (χ2v) is 8.62. The molecule has 1 aliphatic carbocycles. The van der Waals surface area contributed by atoms with Crippen molar-refractivity contribution in [2.45, 2.75) is 43.2 Å². The molecule has 1 spiro atoms. The van der Waals surface area contributed by atoms with Crippen LogP contribution in [0.25, 0.3) is 0 Å². The van der Waals surface area contributed by atoms with E-state index in [-0.39, 0.29) is 23.4 Å². The molecule has 1 aromatic carbocycles. The molecule has 8 nitrogen and oxygen atoms in total. The van der Waals surface area contributed by atoms with Gasteiger partial charge in [-0.3, -0.25) is 4.90 Å². The Morgan fingerprint density at radius 1 is 1.28 bits per heavy atom. The molecule has 1 saturated heterocycles. The van der Waals surface area contributed by atoms with Crippen molar-refractivity contribution in [1.82, 2.24) is 20.2 Å². The van der Waals surface area contributed by atoms with Gasteiger partial charge in [0.1, 0.15) is 6.07 Å². The molecule has 1 saturated carbocycles.